The molecule has 0 aliphatic rings. The van der Waals surface area contributed by atoms with Gasteiger partial charge in [-0.05, 0) is 41.9 Å². The van der Waals surface area contributed by atoms with Crippen molar-refractivity contribution in [3.05, 3.63) is 63.6 Å². The van der Waals surface area contributed by atoms with E-state index in [-0.39, 0.29) is 0 Å². The van der Waals surface area contributed by atoms with Crippen molar-refractivity contribution < 1.29 is 0 Å². The molecule has 0 unspecified atom stereocenters. The molecular formula is C16H18Cl2N2. The zero-order chi connectivity index (χ0) is 14.5. The van der Waals surface area contributed by atoms with Gasteiger partial charge in [0.2, 0.25) is 0 Å². The molecule has 0 amide bonds. The summed E-state index contributed by atoms with van der Waals surface area (Å²) in [6.45, 7) is 4.79. The van der Waals surface area contributed by atoms with Crippen LogP contribution in [-0.2, 0) is 13.1 Å². The summed E-state index contributed by atoms with van der Waals surface area (Å²) in [7, 11) is 0. The number of rotatable bonds is 5. The highest BCUT2D eigenvalue weighted by Gasteiger charge is 2.07. The van der Waals surface area contributed by atoms with Gasteiger partial charge < -0.3 is 5.73 Å². The van der Waals surface area contributed by atoms with Gasteiger partial charge in [0.15, 0.2) is 0 Å². The molecule has 2 nitrogen and oxygen atoms in total. The molecule has 20 heavy (non-hydrogen) atoms. The second-order valence-corrected chi connectivity index (χ2v) is 5.61. The van der Waals surface area contributed by atoms with Crippen LogP contribution >= 0.6 is 23.2 Å². The molecule has 0 aliphatic heterocycles. The quantitative estimate of drug-likeness (QED) is 0.818. The summed E-state index contributed by atoms with van der Waals surface area (Å²) in [6.07, 6.45) is 0. The first-order valence-electron chi connectivity index (χ1n) is 6.59. The lowest BCUT2D eigenvalue weighted by Gasteiger charge is -2.21. The van der Waals surface area contributed by atoms with Gasteiger partial charge in [-0.1, -0.05) is 48.3 Å². The molecule has 4 heteroatoms. The number of anilines is 1. The summed E-state index contributed by atoms with van der Waals surface area (Å²) in [5.74, 6) is 0. The highest BCUT2D eigenvalue weighted by molar-refractivity contribution is 6.42. The highest BCUT2D eigenvalue weighted by Crippen LogP contribution is 2.23. The van der Waals surface area contributed by atoms with Gasteiger partial charge in [0.1, 0.15) is 0 Å². The highest BCUT2D eigenvalue weighted by atomic mass is 35.5. The lowest BCUT2D eigenvalue weighted by molar-refractivity contribution is 0.271. The van der Waals surface area contributed by atoms with Gasteiger partial charge in [0.25, 0.3) is 0 Å². The first-order chi connectivity index (χ1) is 9.58. The molecule has 0 radical (unpaired) electrons. The second kappa shape index (κ2) is 6.98. The van der Waals surface area contributed by atoms with Gasteiger partial charge in [0.05, 0.1) is 10.0 Å². The Bertz CT molecular complexity index is 584. The van der Waals surface area contributed by atoms with Crippen LogP contribution in [0.5, 0.6) is 0 Å². The minimum atomic E-state index is 0.592. The van der Waals surface area contributed by atoms with E-state index in [1.165, 1.54) is 5.56 Å². The molecule has 0 aliphatic carbocycles. The van der Waals surface area contributed by atoms with Crippen LogP contribution in [0.25, 0.3) is 0 Å². The van der Waals surface area contributed by atoms with Crippen molar-refractivity contribution in [2.75, 3.05) is 12.3 Å². The van der Waals surface area contributed by atoms with Gasteiger partial charge in [-0.15, -0.1) is 0 Å². The average Bonchev–Trinajstić information content (AvgIpc) is 2.42. The van der Waals surface area contributed by atoms with Crippen LogP contribution in [0.2, 0.25) is 10.0 Å². The van der Waals surface area contributed by atoms with E-state index in [0.717, 1.165) is 30.9 Å². The van der Waals surface area contributed by atoms with Gasteiger partial charge in [-0.25, -0.2) is 0 Å². The van der Waals surface area contributed by atoms with E-state index in [2.05, 4.69) is 17.9 Å². The predicted molar refractivity (Wildman–Crippen MR) is 87.1 cm³/mol. The van der Waals surface area contributed by atoms with Crippen LogP contribution in [-0.4, -0.2) is 11.4 Å². The Morgan fingerprint density at radius 1 is 0.950 bits per heavy atom. The molecule has 0 saturated carbocycles. The third kappa shape index (κ3) is 4.14. The summed E-state index contributed by atoms with van der Waals surface area (Å²) in [5, 5.41) is 1.19. The fourth-order valence-electron chi connectivity index (χ4n) is 2.13. The van der Waals surface area contributed by atoms with E-state index in [4.69, 9.17) is 28.9 Å². The van der Waals surface area contributed by atoms with Crippen LogP contribution in [0.1, 0.15) is 18.1 Å². The fourth-order valence-corrected chi connectivity index (χ4v) is 2.45. The van der Waals surface area contributed by atoms with E-state index in [1.54, 1.807) is 0 Å². The third-order valence-electron chi connectivity index (χ3n) is 3.19. The molecule has 0 spiro atoms. The van der Waals surface area contributed by atoms with Crippen molar-refractivity contribution in [2.24, 2.45) is 0 Å². The maximum Gasteiger partial charge on any atom is 0.0595 e. The van der Waals surface area contributed by atoms with Gasteiger partial charge in [-0.3, -0.25) is 4.90 Å². The molecule has 2 aromatic rings. The Morgan fingerprint density at radius 3 is 2.25 bits per heavy atom. The molecule has 0 atom stereocenters. The van der Waals surface area contributed by atoms with E-state index in [9.17, 15) is 0 Å². The fraction of sp³-hybridized carbons (Fsp3) is 0.250. The molecule has 0 saturated heterocycles. The number of nitrogen functional groups attached to an aromatic ring is 1. The first-order valence-corrected chi connectivity index (χ1v) is 7.34. The van der Waals surface area contributed by atoms with Crippen molar-refractivity contribution in [3.63, 3.8) is 0 Å². The van der Waals surface area contributed by atoms with E-state index >= 15 is 0 Å². The lowest BCUT2D eigenvalue weighted by Crippen LogP contribution is -2.22. The number of nitrogens with zero attached hydrogens (tertiary/aromatic N) is 1. The van der Waals surface area contributed by atoms with Crippen molar-refractivity contribution in [1.82, 2.24) is 4.90 Å². The Hall–Kier alpha value is -1.22. The van der Waals surface area contributed by atoms with Gasteiger partial charge >= 0.3 is 0 Å². The largest absolute Gasteiger partial charge is 0.399 e. The van der Waals surface area contributed by atoms with Crippen LogP contribution in [0.4, 0.5) is 5.69 Å². The van der Waals surface area contributed by atoms with Crippen LogP contribution < -0.4 is 5.73 Å². The maximum absolute atomic E-state index is 6.05. The molecule has 2 rings (SSSR count). The Kier molecular flexibility index (Phi) is 5.30. The molecule has 0 bridgehead atoms. The number of halogens is 2. The maximum atomic E-state index is 6.05. The summed E-state index contributed by atoms with van der Waals surface area (Å²) in [6, 6.07) is 13.8. The number of hydrogen-bond acceptors (Lipinski definition) is 2. The van der Waals surface area contributed by atoms with Crippen molar-refractivity contribution in [3.8, 4) is 0 Å². The Labute approximate surface area is 130 Å². The standard InChI is InChI=1S/C16H18Cl2N2/c1-2-20(10-12-4-3-5-14(19)8-12)11-13-6-7-15(17)16(18)9-13/h3-9H,2,10-11,19H2,1H3. The molecule has 106 valence electrons. The smallest absolute Gasteiger partial charge is 0.0595 e. The Morgan fingerprint density at radius 2 is 1.65 bits per heavy atom. The first kappa shape index (κ1) is 15.2. The molecule has 2 N–H and O–H groups in total. The summed E-state index contributed by atoms with van der Waals surface area (Å²) in [4.78, 5) is 2.33. The van der Waals surface area contributed by atoms with Crippen LogP contribution in [0.15, 0.2) is 42.5 Å². The second-order valence-electron chi connectivity index (χ2n) is 4.80. The SMILES string of the molecule is CCN(Cc1cccc(N)c1)Cc1ccc(Cl)c(Cl)c1. The number of benzene rings is 2. The van der Waals surface area contributed by atoms with Crippen LogP contribution in [0, 0.1) is 0 Å². The predicted octanol–water partition coefficient (Wildman–Crippen LogP) is 4.60. The third-order valence-corrected chi connectivity index (χ3v) is 3.93. The van der Waals surface area contributed by atoms with Crippen molar-refractivity contribution in [2.45, 2.75) is 20.0 Å². The molecule has 0 aromatic heterocycles. The molecule has 2 aromatic carbocycles. The van der Waals surface area contributed by atoms with E-state index < -0.39 is 0 Å². The minimum Gasteiger partial charge on any atom is -0.399 e. The topological polar surface area (TPSA) is 29.3 Å². The van der Waals surface area contributed by atoms with Gasteiger partial charge in [-0.2, -0.15) is 0 Å². The normalized spacial score (nSPS) is 11.0. The van der Waals surface area contributed by atoms with Crippen molar-refractivity contribution >= 4 is 28.9 Å². The summed E-state index contributed by atoms with van der Waals surface area (Å²) >= 11 is 12.0. The zero-order valence-electron chi connectivity index (χ0n) is 11.4. The molecular weight excluding hydrogens is 291 g/mol. The van der Waals surface area contributed by atoms with Gasteiger partial charge in [0, 0.05) is 18.8 Å². The molecule has 0 fully saturated rings. The summed E-state index contributed by atoms with van der Waals surface area (Å²) in [5.41, 5.74) is 8.99. The molecule has 0 heterocycles. The number of nitrogens with two attached hydrogens (primary N) is 1. The minimum absolute atomic E-state index is 0.592. The average molecular weight is 309 g/mol. The number of hydrogen-bond donors (Lipinski definition) is 1. The zero-order valence-corrected chi connectivity index (χ0v) is 13.0. The summed E-state index contributed by atoms with van der Waals surface area (Å²) < 4.78 is 0. The van der Waals surface area contributed by atoms with E-state index in [1.807, 2.05) is 36.4 Å². The van der Waals surface area contributed by atoms with E-state index in [0.29, 0.717) is 10.0 Å². The Balaban J connectivity index is 2.07. The monoisotopic (exact) mass is 308 g/mol. The van der Waals surface area contributed by atoms with Crippen molar-refractivity contribution in [1.29, 1.82) is 0 Å². The lowest BCUT2D eigenvalue weighted by atomic mass is 10.1. The van der Waals surface area contributed by atoms with Crippen LogP contribution in [0.3, 0.4) is 0 Å².